The third-order valence-corrected chi connectivity index (χ3v) is 4.76. The van der Waals surface area contributed by atoms with Crippen LogP contribution in [0.4, 0.5) is 0 Å². The Morgan fingerprint density at radius 3 is 2.74 bits per heavy atom. The lowest BCUT2D eigenvalue weighted by molar-refractivity contribution is 0.393. The third-order valence-electron chi connectivity index (χ3n) is 4.76. The fourth-order valence-corrected chi connectivity index (χ4v) is 3.46. The Kier molecular flexibility index (Phi) is 3.81. The van der Waals surface area contributed by atoms with Crippen molar-refractivity contribution in [3.63, 3.8) is 0 Å². The number of aromatic nitrogens is 1. The van der Waals surface area contributed by atoms with Crippen LogP contribution in [-0.2, 0) is 5.41 Å². The normalized spacial score (nSPS) is 19.8. The molecule has 5 nitrogen and oxygen atoms in total. The SMILES string of the molecule is COc1ccc2c(c1)C1(C=C(N)NC1)c1cc(C#CC(C)(C)C)cnc1O2. The van der Waals surface area contributed by atoms with Gasteiger partial charge in [0.05, 0.1) is 18.3 Å². The molecule has 0 amide bonds. The number of pyridine rings is 1. The van der Waals surface area contributed by atoms with Crippen molar-refractivity contribution in [3.8, 4) is 29.2 Å². The van der Waals surface area contributed by atoms with Crippen molar-refractivity contribution in [2.75, 3.05) is 13.7 Å². The highest BCUT2D eigenvalue weighted by Crippen LogP contribution is 2.50. The third kappa shape index (κ3) is 2.97. The van der Waals surface area contributed by atoms with Gasteiger partial charge >= 0.3 is 0 Å². The molecule has 3 N–H and O–H groups in total. The Morgan fingerprint density at radius 1 is 1.26 bits per heavy atom. The minimum atomic E-state index is -0.464. The van der Waals surface area contributed by atoms with Crippen LogP contribution in [0.1, 0.15) is 37.5 Å². The van der Waals surface area contributed by atoms with Crippen molar-refractivity contribution in [3.05, 3.63) is 59.0 Å². The quantitative estimate of drug-likeness (QED) is 0.763. The van der Waals surface area contributed by atoms with E-state index in [0.29, 0.717) is 18.2 Å². The Labute approximate surface area is 159 Å². The lowest BCUT2D eigenvalue weighted by Gasteiger charge is -2.35. The molecule has 1 spiro atoms. The molecule has 0 bridgehead atoms. The smallest absolute Gasteiger partial charge is 0.223 e. The van der Waals surface area contributed by atoms with Crippen molar-refractivity contribution < 1.29 is 9.47 Å². The van der Waals surface area contributed by atoms with Crippen LogP contribution in [0, 0.1) is 17.3 Å². The van der Waals surface area contributed by atoms with Gasteiger partial charge in [0.2, 0.25) is 5.88 Å². The summed E-state index contributed by atoms with van der Waals surface area (Å²) >= 11 is 0. The molecule has 1 aromatic carbocycles. The van der Waals surface area contributed by atoms with E-state index in [9.17, 15) is 0 Å². The average Bonchev–Trinajstić information content (AvgIpc) is 3.02. The van der Waals surface area contributed by atoms with E-state index in [0.717, 1.165) is 28.2 Å². The number of hydrogen-bond donors (Lipinski definition) is 2. The lowest BCUT2D eigenvalue weighted by atomic mass is 9.73. The summed E-state index contributed by atoms with van der Waals surface area (Å²) in [5, 5.41) is 3.25. The van der Waals surface area contributed by atoms with E-state index < -0.39 is 5.41 Å². The molecule has 0 radical (unpaired) electrons. The van der Waals surface area contributed by atoms with Gasteiger partial charge in [-0.3, -0.25) is 0 Å². The summed E-state index contributed by atoms with van der Waals surface area (Å²) < 4.78 is 11.5. The summed E-state index contributed by atoms with van der Waals surface area (Å²) in [4.78, 5) is 4.55. The molecule has 1 unspecified atom stereocenters. The number of hydrogen-bond acceptors (Lipinski definition) is 5. The van der Waals surface area contributed by atoms with E-state index in [4.69, 9.17) is 15.2 Å². The van der Waals surface area contributed by atoms with E-state index in [2.05, 4.69) is 49.0 Å². The second-order valence-corrected chi connectivity index (χ2v) is 7.97. The van der Waals surface area contributed by atoms with E-state index in [1.54, 1.807) is 13.3 Å². The predicted molar refractivity (Wildman–Crippen MR) is 105 cm³/mol. The largest absolute Gasteiger partial charge is 0.497 e. The molecule has 27 heavy (non-hydrogen) atoms. The fraction of sp³-hybridized carbons (Fsp3) is 0.318. The van der Waals surface area contributed by atoms with Crippen LogP contribution in [0.5, 0.6) is 17.4 Å². The second-order valence-electron chi connectivity index (χ2n) is 7.97. The number of nitrogens with zero attached hydrogens (tertiary/aromatic N) is 1. The first kappa shape index (κ1) is 17.3. The molecule has 1 atom stereocenters. The molecule has 0 saturated carbocycles. The molecule has 4 rings (SSSR count). The van der Waals surface area contributed by atoms with E-state index in [-0.39, 0.29) is 5.41 Å². The number of nitrogens with one attached hydrogen (secondary N) is 1. The highest BCUT2D eigenvalue weighted by atomic mass is 16.5. The van der Waals surface area contributed by atoms with Crippen LogP contribution >= 0.6 is 0 Å². The Bertz CT molecular complexity index is 1010. The molecule has 0 fully saturated rings. The van der Waals surface area contributed by atoms with Crippen molar-refractivity contribution >= 4 is 0 Å². The van der Waals surface area contributed by atoms with Crippen LogP contribution in [-0.4, -0.2) is 18.6 Å². The van der Waals surface area contributed by atoms with Crippen LogP contribution in [0.25, 0.3) is 0 Å². The molecule has 2 aromatic rings. The number of fused-ring (bicyclic) bond motifs is 4. The average molecular weight is 361 g/mol. The summed E-state index contributed by atoms with van der Waals surface area (Å²) in [5.74, 6) is 9.26. The van der Waals surface area contributed by atoms with Gasteiger partial charge in [0.15, 0.2) is 0 Å². The zero-order valence-corrected chi connectivity index (χ0v) is 16.0. The highest BCUT2D eigenvalue weighted by Gasteiger charge is 2.44. The van der Waals surface area contributed by atoms with Gasteiger partial charge in [0, 0.05) is 34.8 Å². The monoisotopic (exact) mass is 361 g/mol. The maximum atomic E-state index is 6.11. The van der Waals surface area contributed by atoms with Gasteiger partial charge in [-0.15, -0.1) is 0 Å². The molecule has 2 aliphatic heterocycles. The van der Waals surface area contributed by atoms with E-state index >= 15 is 0 Å². The lowest BCUT2D eigenvalue weighted by Crippen LogP contribution is -2.34. The van der Waals surface area contributed by atoms with Gasteiger partial charge in [0.1, 0.15) is 11.5 Å². The molecule has 2 aliphatic rings. The molecule has 0 aliphatic carbocycles. The van der Waals surface area contributed by atoms with Gasteiger partial charge in [-0.2, -0.15) is 0 Å². The number of nitrogens with two attached hydrogens (primary N) is 1. The first-order valence-corrected chi connectivity index (χ1v) is 8.93. The number of benzene rings is 1. The Hall–Kier alpha value is -3.13. The van der Waals surface area contributed by atoms with Crippen molar-refractivity contribution in [1.82, 2.24) is 10.3 Å². The van der Waals surface area contributed by atoms with E-state index in [1.807, 2.05) is 24.3 Å². The Morgan fingerprint density at radius 2 is 2.07 bits per heavy atom. The molecule has 1 aromatic heterocycles. The zero-order chi connectivity index (χ0) is 19.2. The fourth-order valence-electron chi connectivity index (χ4n) is 3.46. The standard InChI is InChI=1S/C22H23N3O2/c1-21(2,3)8-7-14-9-17-20(24-12-14)27-18-6-5-15(26-4)10-16(18)22(17)11-19(23)25-13-22/h5-6,9-12,25H,13,23H2,1-4H3. The van der Waals surface area contributed by atoms with Gasteiger partial charge in [-0.25, -0.2) is 4.98 Å². The summed E-state index contributed by atoms with van der Waals surface area (Å²) in [7, 11) is 1.66. The van der Waals surface area contributed by atoms with E-state index in [1.165, 1.54) is 0 Å². The zero-order valence-electron chi connectivity index (χ0n) is 16.0. The predicted octanol–water partition coefficient (Wildman–Crippen LogP) is 3.28. The molecule has 5 heteroatoms. The second kappa shape index (κ2) is 5.95. The highest BCUT2D eigenvalue weighted by molar-refractivity contribution is 5.63. The summed E-state index contributed by atoms with van der Waals surface area (Å²) in [5.41, 5.74) is 8.38. The van der Waals surface area contributed by atoms with Crippen molar-refractivity contribution in [2.45, 2.75) is 26.2 Å². The van der Waals surface area contributed by atoms with Crippen molar-refractivity contribution in [2.24, 2.45) is 11.1 Å². The summed E-state index contributed by atoms with van der Waals surface area (Å²) in [6, 6.07) is 7.86. The maximum absolute atomic E-state index is 6.11. The molecular weight excluding hydrogens is 338 g/mol. The van der Waals surface area contributed by atoms with Gasteiger partial charge < -0.3 is 20.5 Å². The van der Waals surface area contributed by atoms with Gasteiger partial charge in [-0.1, -0.05) is 11.8 Å². The molecule has 3 heterocycles. The summed E-state index contributed by atoms with van der Waals surface area (Å²) in [6.45, 7) is 6.89. The topological polar surface area (TPSA) is 69.4 Å². The minimum Gasteiger partial charge on any atom is -0.497 e. The van der Waals surface area contributed by atoms with Gasteiger partial charge in [-0.05, 0) is 51.1 Å². The van der Waals surface area contributed by atoms with Crippen LogP contribution in [0.3, 0.4) is 0 Å². The molecule has 0 saturated heterocycles. The van der Waals surface area contributed by atoms with Crippen LogP contribution < -0.4 is 20.5 Å². The number of rotatable bonds is 1. The van der Waals surface area contributed by atoms with Gasteiger partial charge in [0.25, 0.3) is 0 Å². The summed E-state index contributed by atoms with van der Waals surface area (Å²) in [6.07, 6.45) is 3.80. The molecular formula is C22H23N3O2. The first-order chi connectivity index (χ1) is 12.8. The Balaban J connectivity index is 1.91. The van der Waals surface area contributed by atoms with Crippen LogP contribution in [0.2, 0.25) is 0 Å². The first-order valence-electron chi connectivity index (χ1n) is 8.93. The minimum absolute atomic E-state index is 0.0801. The maximum Gasteiger partial charge on any atom is 0.223 e. The molecule has 138 valence electrons. The van der Waals surface area contributed by atoms with Crippen LogP contribution in [0.15, 0.2) is 42.4 Å². The van der Waals surface area contributed by atoms with Crippen molar-refractivity contribution in [1.29, 1.82) is 0 Å². The number of methoxy groups -OCH3 is 1. The number of ether oxygens (including phenoxy) is 2.